The lowest BCUT2D eigenvalue weighted by Crippen LogP contribution is -2.31. The molecule has 0 heterocycles. The van der Waals surface area contributed by atoms with Gasteiger partial charge in [-0.15, -0.1) is 0 Å². The summed E-state index contributed by atoms with van der Waals surface area (Å²) < 4.78 is 5.12. The van der Waals surface area contributed by atoms with Crippen molar-refractivity contribution in [3.63, 3.8) is 0 Å². The molecule has 4 heteroatoms. The van der Waals surface area contributed by atoms with Crippen LogP contribution >= 0.6 is 0 Å². The highest BCUT2D eigenvalue weighted by atomic mass is 16.5. The van der Waals surface area contributed by atoms with E-state index in [1.165, 1.54) is 0 Å². The van der Waals surface area contributed by atoms with E-state index in [-0.39, 0.29) is 11.9 Å². The number of hydrogen-bond donors (Lipinski definition) is 2. The van der Waals surface area contributed by atoms with Gasteiger partial charge in [-0.05, 0) is 31.7 Å². The van der Waals surface area contributed by atoms with Gasteiger partial charge in [0.15, 0.2) is 0 Å². The molecule has 1 aromatic carbocycles. The second kappa shape index (κ2) is 6.91. The van der Waals surface area contributed by atoms with Crippen LogP contribution in [-0.4, -0.2) is 26.1 Å². The maximum Gasteiger partial charge on any atom is 0.221 e. The normalized spacial score (nSPS) is 11.9. The van der Waals surface area contributed by atoms with E-state index in [1.54, 1.807) is 7.11 Å². The number of rotatable bonds is 6. The molecule has 0 aliphatic rings. The maximum absolute atomic E-state index is 11.6. The fraction of sp³-hybridized carbons (Fsp3) is 0.462. The molecule has 0 fully saturated rings. The molecule has 1 aromatic rings. The summed E-state index contributed by atoms with van der Waals surface area (Å²) in [5, 5.41) is 5.91. The van der Waals surface area contributed by atoms with Crippen LogP contribution in [0.15, 0.2) is 24.3 Å². The van der Waals surface area contributed by atoms with Crippen molar-refractivity contribution in [2.45, 2.75) is 25.9 Å². The molecule has 0 saturated heterocycles. The lowest BCUT2D eigenvalue weighted by molar-refractivity contribution is -0.121. The molecule has 94 valence electrons. The zero-order chi connectivity index (χ0) is 12.7. The van der Waals surface area contributed by atoms with Crippen molar-refractivity contribution in [2.75, 3.05) is 14.2 Å². The largest absolute Gasteiger partial charge is 0.497 e. The number of hydrogen-bond acceptors (Lipinski definition) is 3. The molecule has 17 heavy (non-hydrogen) atoms. The fourth-order valence-corrected chi connectivity index (χ4v) is 1.44. The van der Waals surface area contributed by atoms with Crippen molar-refractivity contribution in [3.8, 4) is 5.75 Å². The Morgan fingerprint density at radius 1 is 1.47 bits per heavy atom. The minimum Gasteiger partial charge on any atom is -0.497 e. The smallest absolute Gasteiger partial charge is 0.221 e. The Labute approximate surface area is 102 Å². The number of carbonyl (C=O) groups excluding carboxylic acids is 1. The van der Waals surface area contributed by atoms with Gasteiger partial charge in [-0.3, -0.25) is 4.79 Å². The average Bonchev–Trinajstić information content (AvgIpc) is 2.36. The molecule has 2 N–H and O–H groups in total. The van der Waals surface area contributed by atoms with Crippen molar-refractivity contribution in [2.24, 2.45) is 0 Å². The first-order valence-electron chi connectivity index (χ1n) is 5.72. The molecule has 0 bridgehead atoms. The summed E-state index contributed by atoms with van der Waals surface area (Å²) in [5.74, 6) is 0.856. The van der Waals surface area contributed by atoms with Crippen LogP contribution in [0, 0.1) is 0 Å². The number of carbonyl (C=O) groups is 1. The zero-order valence-corrected chi connectivity index (χ0v) is 10.6. The van der Waals surface area contributed by atoms with Crippen LogP contribution in [0.25, 0.3) is 0 Å². The molecule has 1 rings (SSSR count). The molecule has 0 aromatic heterocycles. The van der Waals surface area contributed by atoms with Crippen LogP contribution in [0.1, 0.15) is 18.9 Å². The minimum atomic E-state index is 0.0506. The summed E-state index contributed by atoms with van der Waals surface area (Å²) in [4.78, 5) is 11.6. The highest BCUT2D eigenvalue weighted by Gasteiger charge is 2.06. The quantitative estimate of drug-likeness (QED) is 0.783. The summed E-state index contributed by atoms with van der Waals surface area (Å²) in [7, 11) is 3.48. The van der Waals surface area contributed by atoms with Crippen molar-refractivity contribution in [3.05, 3.63) is 29.8 Å². The van der Waals surface area contributed by atoms with Gasteiger partial charge >= 0.3 is 0 Å². The van der Waals surface area contributed by atoms with Gasteiger partial charge in [0, 0.05) is 19.0 Å². The number of benzene rings is 1. The molecule has 0 aliphatic heterocycles. The minimum absolute atomic E-state index is 0.0506. The zero-order valence-electron chi connectivity index (χ0n) is 10.6. The third-order valence-corrected chi connectivity index (χ3v) is 2.61. The van der Waals surface area contributed by atoms with Gasteiger partial charge in [0.25, 0.3) is 0 Å². The Morgan fingerprint density at radius 2 is 2.24 bits per heavy atom. The van der Waals surface area contributed by atoms with Crippen LogP contribution in [0.5, 0.6) is 5.75 Å². The first kappa shape index (κ1) is 13.5. The Bertz CT molecular complexity index is 366. The predicted molar refractivity (Wildman–Crippen MR) is 68.0 cm³/mol. The van der Waals surface area contributed by atoms with Crippen LogP contribution < -0.4 is 15.4 Å². The summed E-state index contributed by atoms with van der Waals surface area (Å²) in [6, 6.07) is 7.87. The van der Waals surface area contributed by atoms with E-state index in [0.717, 1.165) is 11.3 Å². The topological polar surface area (TPSA) is 50.4 Å². The Morgan fingerprint density at radius 3 is 2.88 bits per heavy atom. The van der Waals surface area contributed by atoms with Crippen LogP contribution in [0.4, 0.5) is 0 Å². The van der Waals surface area contributed by atoms with Gasteiger partial charge in [-0.1, -0.05) is 12.1 Å². The maximum atomic E-state index is 11.6. The molecular weight excluding hydrogens is 216 g/mol. The van der Waals surface area contributed by atoms with Crippen molar-refractivity contribution in [1.82, 2.24) is 10.6 Å². The van der Waals surface area contributed by atoms with Gasteiger partial charge in [-0.2, -0.15) is 0 Å². The van der Waals surface area contributed by atoms with Gasteiger partial charge in [-0.25, -0.2) is 0 Å². The standard InChI is InChI=1S/C13H20N2O2/c1-10(14-2)7-13(16)15-9-11-5-4-6-12(8-11)17-3/h4-6,8,10,14H,7,9H2,1-3H3,(H,15,16). The molecule has 1 atom stereocenters. The first-order chi connectivity index (χ1) is 8.15. The Hall–Kier alpha value is -1.55. The molecule has 4 nitrogen and oxygen atoms in total. The van der Waals surface area contributed by atoms with Crippen LogP contribution in [0.2, 0.25) is 0 Å². The van der Waals surface area contributed by atoms with E-state index in [9.17, 15) is 4.79 Å². The fourth-order valence-electron chi connectivity index (χ4n) is 1.44. The molecule has 0 radical (unpaired) electrons. The van der Waals surface area contributed by atoms with Crippen molar-refractivity contribution < 1.29 is 9.53 Å². The van der Waals surface area contributed by atoms with E-state index < -0.39 is 0 Å². The Kier molecular flexibility index (Phi) is 5.49. The van der Waals surface area contributed by atoms with Gasteiger partial charge in [0.1, 0.15) is 5.75 Å². The molecule has 1 amide bonds. The van der Waals surface area contributed by atoms with Crippen molar-refractivity contribution in [1.29, 1.82) is 0 Å². The van der Waals surface area contributed by atoms with E-state index in [0.29, 0.717) is 13.0 Å². The highest BCUT2D eigenvalue weighted by molar-refractivity contribution is 5.76. The molecule has 0 spiro atoms. The monoisotopic (exact) mass is 236 g/mol. The second-order valence-electron chi connectivity index (χ2n) is 4.02. The number of methoxy groups -OCH3 is 1. The molecular formula is C13H20N2O2. The summed E-state index contributed by atoms with van der Waals surface area (Å²) in [6.45, 7) is 2.51. The van der Waals surface area contributed by atoms with Gasteiger partial charge < -0.3 is 15.4 Å². The second-order valence-corrected chi connectivity index (χ2v) is 4.02. The van der Waals surface area contributed by atoms with Gasteiger partial charge in [0.05, 0.1) is 7.11 Å². The van der Waals surface area contributed by atoms with E-state index in [2.05, 4.69) is 10.6 Å². The van der Waals surface area contributed by atoms with E-state index in [4.69, 9.17) is 4.74 Å². The van der Waals surface area contributed by atoms with E-state index in [1.807, 2.05) is 38.2 Å². The lowest BCUT2D eigenvalue weighted by Gasteiger charge is -2.10. The third kappa shape index (κ3) is 4.87. The molecule has 0 aliphatic carbocycles. The predicted octanol–water partition coefficient (Wildman–Crippen LogP) is 1.31. The van der Waals surface area contributed by atoms with Crippen molar-refractivity contribution >= 4 is 5.91 Å². The average molecular weight is 236 g/mol. The van der Waals surface area contributed by atoms with Gasteiger partial charge in [0.2, 0.25) is 5.91 Å². The van der Waals surface area contributed by atoms with Crippen LogP contribution in [-0.2, 0) is 11.3 Å². The van der Waals surface area contributed by atoms with Crippen LogP contribution in [0.3, 0.4) is 0 Å². The SMILES string of the molecule is CNC(C)CC(=O)NCc1cccc(OC)c1. The van der Waals surface area contributed by atoms with E-state index >= 15 is 0 Å². The highest BCUT2D eigenvalue weighted by Crippen LogP contribution is 2.12. The third-order valence-electron chi connectivity index (χ3n) is 2.61. The number of ether oxygens (including phenoxy) is 1. The molecule has 1 unspecified atom stereocenters. The number of nitrogens with one attached hydrogen (secondary N) is 2. The Balaban J connectivity index is 2.41. The summed E-state index contributed by atoms with van der Waals surface area (Å²) in [6.07, 6.45) is 0.487. The lowest BCUT2D eigenvalue weighted by atomic mass is 10.2. The summed E-state index contributed by atoms with van der Waals surface area (Å²) >= 11 is 0. The summed E-state index contributed by atoms with van der Waals surface area (Å²) in [5.41, 5.74) is 1.04. The first-order valence-corrected chi connectivity index (χ1v) is 5.72. The number of amides is 1. The molecule has 0 saturated carbocycles.